The van der Waals surface area contributed by atoms with E-state index in [9.17, 15) is 4.79 Å². The number of amides is 1. The second kappa shape index (κ2) is 3.09. The van der Waals surface area contributed by atoms with E-state index < -0.39 is 0 Å². The summed E-state index contributed by atoms with van der Waals surface area (Å²) in [5, 5.41) is 6.55. The van der Waals surface area contributed by atoms with Crippen LogP contribution in [0.3, 0.4) is 0 Å². The molecule has 0 radical (unpaired) electrons. The van der Waals surface area contributed by atoms with Crippen LogP contribution >= 0.6 is 0 Å². The van der Waals surface area contributed by atoms with Gasteiger partial charge >= 0.3 is 0 Å². The van der Waals surface area contributed by atoms with E-state index in [2.05, 4.69) is 38.2 Å². The molecule has 0 aliphatic heterocycles. The smallest absolute Gasteiger partial charge is 0.229 e. The zero-order chi connectivity index (χ0) is 12.1. The summed E-state index contributed by atoms with van der Waals surface area (Å²) >= 11 is 0. The summed E-state index contributed by atoms with van der Waals surface area (Å²) in [5.41, 5.74) is 0.103. The van der Waals surface area contributed by atoms with Crippen molar-refractivity contribution in [2.45, 2.75) is 34.6 Å². The van der Waals surface area contributed by atoms with Crippen LogP contribution < -0.4 is 5.32 Å². The largest absolute Gasteiger partial charge is 0.360 e. The van der Waals surface area contributed by atoms with E-state index in [0.717, 1.165) is 0 Å². The molecule has 2 rings (SSSR count). The number of aromatic nitrogens is 1. The SMILES string of the molecule is Cc1cc(NC(=O)C2C(C)(C)C2(C)C)no1. The van der Waals surface area contributed by atoms with E-state index in [1.165, 1.54) is 0 Å². The van der Waals surface area contributed by atoms with Gasteiger partial charge in [0.1, 0.15) is 5.76 Å². The van der Waals surface area contributed by atoms with Gasteiger partial charge in [0, 0.05) is 12.0 Å². The number of carbonyl (C=O) groups is 1. The monoisotopic (exact) mass is 222 g/mol. The lowest BCUT2D eigenvalue weighted by atomic mass is 10.0. The van der Waals surface area contributed by atoms with Gasteiger partial charge in [-0.1, -0.05) is 32.9 Å². The zero-order valence-electron chi connectivity index (χ0n) is 10.4. The van der Waals surface area contributed by atoms with Gasteiger partial charge in [-0.05, 0) is 17.8 Å². The molecule has 4 nitrogen and oxygen atoms in total. The Morgan fingerprint density at radius 2 is 1.94 bits per heavy atom. The highest BCUT2D eigenvalue weighted by Gasteiger charge is 2.68. The fraction of sp³-hybridized carbons (Fsp3) is 0.667. The minimum atomic E-state index is 0.0308. The molecule has 1 aliphatic carbocycles. The number of hydrogen-bond donors (Lipinski definition) is 1. The van der Waals surface area contributed by atoms with Crippen molar-refractivity contribution in [3.8, 4) is 0 Å². The molecule has 0 bridgehead atoms. The number of anilines is 1. The van der Waals surface area contributed by atoms with Crippen LogP contribution in [0.1, 0.15) is 33.5 Å². The molecule has 1 aromatic rings. The Bertz CT molecular complexity index is 418. The lowest BCUT2D eigenvalue weighted by Crippen LogP contribution is -2.17. The van der Waals surface area contributed by atoms with E-state index in [0.29, 0.717) is 11.6 Å². The Balaban J connectivity index is 2.06. The first-order valence-corrected chi connectivity index (χ1v) is 5.51. The third-order valence-electron chi connectivity index (χ3n) is 4.16. The van der Waals surface area contributed by atoms with Gasteiger partial charge in [0.2, 0.25) is 5.91 Å². The summed E-state index contributed by atoms with van der Waals surface area (Å²) in [5.74, 6) is 1.27. The second-order valence-electron chi connectivity index (χ2n) is 5.69. The molecule has 4 heteroatoms. The van der Waals surface area contributed by atoms with Crippen LogP contribution in [-0.2, 0) is 4.79 Å². The minimum Gasteiger partial charge on any atom is -0.360 e. The van der Waals surface area contributed by atoms with Gasteiger partial charge in [0.25, 0.3) is 0 Å². The highest BCUT2D eigenvalue weighted by molar-refractivity contribution is 5.95. The van der Waals surface area contributed by atoms with Crippen molar-refractivity contribution in [2.24, 2.45) is 16.7 Å². The zero-order valence-corrected chi connectivity index (χ0v) is 10.4. The number of nitrogens with zero attached hydrogens (tertiary/aromatic N) is 1. The van der Waals surface area contributed by atoms with Crippen LogP contribution in [0.4, 0.5) is 5.82 Å². The number of carbonyl (C=O) groups excluding carboxylic acids is 1. The van der Waals surface area contributed by atoms with Gasteiger partial charge in [-0.2, -0.15) is 0 Å². The molecule has 1 saturated carbocycles. The topological polar surface area (TPSA) is 55.1 Å². The van der Waals surface area contributed by atoms with E-state index in [4.69, 9.17) is 4.52 Å². The van der Waals surface area contributed by atoms with E-state index in [1.807, 2.05) is 0 Å². The molecule has 1 N–H and O–H groups in total. The lowest BCUT2D eigenvalue weighted by molar-refractivity contribution is -0.118. The van der Waals surface area contributed by atoms with E-state index in [-0.39, 0.29) is 22.7 Å². The standard InChI is InChI=1S/C12H18N2O2/c1-7-6-8(14-16-7)13-10(15)9-11(2,3)12(9,4)5/h6,9H,1-5H3,(H,13,14,15). The molecule has 1 amide bonds. The van der Waals surface area contributed by atoms with E-state index >= 15 is 0 Å². The van der Waals surface area contributed by atoms with Crippen molar-refractivity contribution < 1.29 is 9.32 Å². The summed E-state index contributed by atoms with van der Waals surface area (Å²) in [4.78, 5) is 12.0. The molecular formula is C12H18N2O2. The van der Waals surface area contributed by atoms with E-state index in [1.54, 1.807) is 13.0 Å². The molecule has 88 valence electrons. The normalized spacial score (nSPS) is 21.8. The maximum atomic E-state index is 12.0. The molecular weight excluding hydrogens is 204 g/mol. The number of nitrogens with one attached hydrogen (secondary N) is 1. The number of aryl methyl sites for hydroxylation is 1. The van der Waals surface area contributed by atoms with Crippen molar-refractivity contribution in [1.29, 1.82) is 0 Å². The number of hydrogen-bond acceptors (Lipinski definition) is 3. The third-order valence-corrected chi connectivity index (χ3v) is 4.16. The molecule has 0 spiro atoms. The Morgan fingerprint density at radius 1 is 1.38 bits per heavy atom. The molecule has 16 heavy (non-hydrogen) atoms. The molecule has 1 aromatic heterocycles. The van der Waals surface area contributed by atoms with Gasteiger partial charge in [0.05, 0.1) is 0 Å². The highest BCUT2D eigenvalue weighted by Crippen LogP contribution is 2.68. The minimum absolute atomic E-state index is 0.0308. The van der Waals surface area contributed by atoms with Gasteiger partial charge in [-0.15, -0.1) is 0 Å². The first-order valence-electron chi connectivity index (χ1n) is 5.51. The first kappa shape index (κ1) is 11.2. The predicted molar refractivity (Wildman–Crippen MR) is 60.9 cm³/mol. The van der Waals surface area contributed by atoms with Crippen LogP contribution in [0.25, 0.3) is 0 Å². The average Bonchev–Trinajstić information content (AvgIpc) is 2.44. The Labute approximate surface area is 95.4 Å². The van der Waals surface area contributed by atoms with Crippen LogP contribution in [0.5, 0.6) is 0 Å². The Morgan fingerprint density at radius 3 is 2.31 bits per heavy atom. The molecule has 0 atom stereocenters. The molecule has 0 unspecified atom stereocenters. The maximum Gasteiger partial charge on any atom is 0.229 e. The number of rotatable bonds is 2. The summed E-state index contributed by atoms with van der Waals surface area (Å²) in [6.45, 7) is 10.3. The molecule has 0 saturated heterocycles. The fourth-order valence-electron chi connectivity index (χ4n) is 2.48. The molecule has 1 aliphatic rings. The lowest BCUT2D eigenvalue weighted by Gasteiger charge is -2.03. The van der Waals surface area contributed by atoms with Gasteiger partial charge in [-0.25, -0.2) is 0 Å². The van der Waals surface area contributed by atoms with Crippen LogP contribution in [0, 0.1) is 23.7 Å². The quantitative estimate of drug-likeness (QED) is 0.836. The second-order valence-corrected chi connectivity index (χ2v) is 5.69. The van der Waals surface area contributed by atoms with Gasteiger partial charge in [-0.3, -0.25) is 4.79 Å². The van der Waals surface area contributed by atoms with Crippen LogP contribution in [-0.4, -0.2) is 11.1 Å². The average molecular weight is 222 g/mol. The molecule has 0 aromatic carbocycles. The molecule has 1 fully saturated rings. The van der Waals surface area contributed by atoms with Crippen molar-refractivity contribution >= 4 is 11.7 Å². The summed E-state index contributed by atoms with van der Waals surface area (Å²) in [6, 6.07) is 1.72. The first-order chi connectivity index (χ1) is 7.26. The highest BCUT2D eigenvalue weighted by atomic mass is 16.5. The Kier molecular flexibility index (Phi) is 2.16. The summed E-state index contributed by atoms with van der Waals surface area (Å²) < 4.78 is 4.90. The van der Waals surface area contributed by atoms with Crippen molar-refractivity contribution in [3.63, 3.8) is 0 Å². The van der Waals surface area contributed by atoms with Crippen molar-refractivity contribution in [2.75, 3.05) is 5.32 Å². The van der Waals surface area contributed by atoms with Crippen LogP contribution in [0.2, 0.25) is 0 Å². The van der Waals surface area contributed by atoms with Crippen LogP contribution in [0.15, 0.2) is 10.6 Å². The maximum absolute atomic E-state index is 12.0. The van der Waals surface area contributed by atoms with Gasteiger partial charge in [0.15, 0.2) is 5.82 Å². The van der Waals surface area contributed by atoms with Crippen molar-refractivity contribution in [3.05, 3.63) is 11.8 Å². The van der Waals surface area contributed by atoms with Crippen molar-refractivity contribution in [1.82, 2.24) is 5.16 Å². The summed E-state index contributed by atoms with van der Waals surface area (Å²) in [6.07, 6.45) is 0. The third kappa shape index (κ3) is 1.44. The van der Waals surface area contributed by atoms with Gasteiger partial charge < -0.3 is 9.84 Å². The predicted octanol–water partition coefficient (Wildman–Crippen LogP) is 2.60. The molecule has 1 heterocycles. The Hall–Kier alpha value is -1.32. The fourth-order valence-corrected chi connectivity index (χ4v) is 2.48. The summed E-state index contributed by atoms with van der Waals surface area (Å²) in [7, 11) is 0.